The van der Waals surface area contributed by atoms with E-state index in [0.717, 1.165) is 53.6 Å². The van der Waals surface area contributed by atoms with Crippen molar-refractivity contribution < 1.29 is 14.3 Å². The van der Waals surface area contributed by atoms with E-state index in [4.69, 9.17) is 25.0 Å². The minimum absolute atomic E-state index is 0.151. The van der Waals surface area contributed by atoms with Crippen LogP contribution in [0.4, 0.5) is 10.7 Å². The molecule has 0 atom stereocenters. The third-order valence-electron chi connectivity index (χ3n) is 7.68. The molecule has 1 N–H and O–H groups in total. The first-order chi connectivity index (χ1) is 22.6. The second kappa shape index (κ2) is 14.4. The number of para-hydroxylation sites is 1. The second-order valence-corrected chi connectivity index (χ2v) is 11.9. The largest absolute Gasteiger partial charge is 0.489 e. The van der Waals surface area contributed by atoms with Gasteiger partial charge in [0.05, 0.1) is 28.8 Å². The minimum Gasteiger partial charge on any atom is -0.489 e. The number of rotatable bonds is 10. The van der Waals surface area contributed by atoms with Gasteiger partial charge in [0, 0.05) is 28.4 Å². The summed E-state index contributed by atoms with van der Waals surface area (Å²) < 4.78 is 12.4. The molecule has 7 nitrogen and oxygen atoms in total. The van der Waals surface area contributed by atoms with Crippen LogP contribution in [0.3, 0.4) is 0 Å². The number of ether oxygens (including phenoxy) is 2. The summed E-state index contributed by atoms with van der Waals surface area (Å²) in [5.41, 5.74) is 6.25. The van der Waals surface area contributed by atoms with E-state index in [2.05, 4.69) is 17.5 Å². The van der Waals surface area contributed by atoms with Crippen molar-refractivity contribution >= 4 is 34.1 Å². The van der Waals surface area contributed by atoms with Crippen LogP contribution in [0.2, 0.25) is 0 Å². The number of anilines is 1. The van der Waals surface area contributed by atoms with Gasteiger partial charge in [-0.05, 0) is 90.9 Å². The summed E-state index contributed by atoms with van der Waals surface area (Å²) in [7, 11) is 0. The fourth-order valence-electron chi connectivity index (χ4n) is 5.23. The Morgan fingerprint density at radius 1 is 0.826 bits per heavy atom. The molecular weight excluding hydrogens is 593 g/mol. The molecule has 0 unspecified atom stereocenters. The summed E-state index contributed by atoms with van der Waals surface area (Å²) in [5, 5.41) is 22.0. The quantitative estimate of drug-likeness (QED) is 0.157. The van der Waals surface area contributed by atoms with E-state index in [1.54, 1.807) is 41.8 Å². The van der Waals surface area contributed by atoms with Gasteiger partial charge in [-0.15, -0.1) is 11.3 Å². The Morgan fingerprint density at radius 3 is 2.15 bits per heavy atom. The van der Waals surface area contributed by atoms with Gasteiger partial charge in [0.25, 0.3) is 5.91 Å². The van der Waals surface area contributed by atoms with E-state index in [1.165, 1.54) is 4.88 Å². The van der Waals surface area contributed by atoms with Gasteiger partial charge in [0.15, 0.2) is 0 Å². The number of fused-ring (bicyclic) bond motifs is 1. The molecule has 226 valence electrons. The summed E-state index contributed by atoms with van der Waals surface area (Å²) in [5.74, 6) is 1.04. The summed E-state index contributed by atoms with van der Waals surface area (Å²) >= 11 is 1.58. The number of hydrogen-bond donors (Lipinski definition) is 1. The highest BCUT2D eigenvalue weighted by molar-refractivity contribution is 7.16. The molecule has 0 radical (unpaired) electrons. The van der Waals surface area contributed by atoms with Crippen molar-refractivity contribution in [1.29, 1.82) is 10.5 Å². The fraction of sp³-hybridized carbons (Fsp3) is 0.158. The summed E-state index contributed by atoms with van der Waals surface area (Å²) in [6.07, 6.45) is 5.72. The number of amides is 1. The molecule has 0 fully saturated rings. The molecule has 1 aliphatic carbocycles. The predicted molar refractivity (Wildman–Crippen MR) is 180 cm³/mol. The van der Waals surface area contributed by atoms with E-state index < -0.39 is 0 Å². The molecule has 4 aromatic carbocycles. The van der Waals surface area contributed by atoms with E-state index in [1.807, 2.05) is 72.8 Å². The second-order valence-electron chi connectivity index (χ2n) is 10.9. The molecule has 0 saturated carbocycles. The van der Waals surface area contributed by atoms with E-state index in [-0.39, 0.29) is 12.5 Å². The number of carbonyl (C=O) groups is 1. The molecule has 1 aliphatic rings. The van der Waals surface area contributed by atoms with Gasteiger partial charge in [0.1, 0.15) is 29.7 Å². The van der Waals surface area contributed by atoms with Crippen LogP contribution in [0.15, 0.2) is 102 Å². The normalized spacial score (nSPS) is 12.1. The number of carbonyl (C=O) groups excluding carboxylic acids is 1. The predicted octanol–water partition coefficient (Wildman–Crippen LogP) is 8.53. The standard InChI is InChI=1S/C38H30N4O3S/c39-21-26-10-14-28(15-11-26)24-44-32-19-18-30(34(20-32)45-25-29-16-12-27(22-40)13-17-29)23-41-38-36(33-8-4-5-9-35(33)46-38)37(43)42-31-6-2-1-3-7-31/h1-3,6-7,10-20,23H,4-5,8-9,24-25H2,(H,42,43). The van der Waals surface area contributed by atoms with Crippen LogP contribution in [0.5, 0.6) is 11.5 Å². The van der Waals surface area contributed by atoms with Crippen LogP contribution in [-0.2, 0) is 26.1 Å². The van der Waals surface area contributed by atoms with Gasteiger partial charge in [-0.2, -0.15) is 10.5 Å². The maximum absolute atomic E-state index is 13.6. The molecular formula is C38H30N4O3S. The average molecular weight is 623 g/mol. The van der Waals surface area contributed by atoms with Crippen molar-refractivity contribution in [3.8, 4) is 23.6 Å². The first-order valence-electron chi connectivity index (χ1n) is 15.0. The van der Waals surface area contributed by atoms with Crippen LogP contribution in [0.1, 0.15) is 61.5 Å². The minimum atomic E-state index is -0.151. The molecule has 6 rings (SSSR count). The van der Waals surface area contributed by atoms with Crippen LogP contribution >= 0.6 is 11.3 Å². The maximum atomic E-state index is 13.6. The van der Waals surface area contributed by atoms with Crippen molar-refractivity contribution in [3.63, 3.8) is 0 Å². The zero-order valence-electron chi connectivity index (χ0n) is 25.0. The summed E-state index contributed by atoms with van der Waals surface area (Å²) in [6.45, 7) is 0.610. The lowest BCUT2D eigenvalue weighted by Crippen LogP contribution is -2.14. The Balaban J connectivity index is 1.28. The number of thiophene rings is 1. The third kappa shape index (κ3) is 7.32. The molecule has 0 aliphatic heterocycles. The smallest absolute Gasteiger partial charge is 0.259 e. The van der Waals surface area contributed by atoms with Crippen molar-refractivity contribution in [2.24, 2.45) is 4.99 Å². The lowest BCUT2D eigenvalue weighted by molar-refractivity contribution is 0.102. The van der Waals surface area contributed by atoms with Gasteiger partial charge in [-0.1, -0.05) is 42.5 Å². The molecule has 46 heavy (non-hydrogen) atoms. The van der Waals surface area contributed by atoms with Crippen molar-refractivity contribution in [1.82, 2.24) is 0 Å². The maximum Gasteiger partial charge on any atom is 0.259 e. The van der Waals surface area contributed by atoms with Gasteiger partial charge < -0.3 is 14.8 Å². The molecule has 8 heteroatoms. The Bertz CT molecular complexity index is 1950. The molecule has 1 aromatic heterocycles. The van der Waals surface area contributed by atoms with Crippen LogP contribution < -0.4 is 14.8 Å². The summed E-state index contributed by atoms with van der Waals surface area (Å²) in [4.78, 5) is 19.7. The van der Waals surface area contributed by atoms with Gasteiger partial charge >= 0.3 is 0 Å². The van der Waals surface area contributed by atoms with Gasteiger partial charge in [-0.25, -0.2) is 4.99 Å². The Morgan fingerprint density at radius 2 is 1.48 bits per heavy atom. The van der Waals surface area contributed by atoms with E-state index in [9.17, 15) is 4.79 Å². The zero-order valence-corrected chi connectivity index (χ0v) is 25.8. The zero-order chi connectivity index (χ0) is 31.7. The highest BCUT2D eigenvalue weighted by atomic mass is 32.1. The highest BCUT2D eigenvalue weighted by Gasteiger charge is 2.25. The number of nitriles is 2. The van der Waals surface area contributed by atoms with Gasteiger partial charge in [0.2, 0.25) is 0 Å². The Kier molecular flexibility index (Phi) is 9.49. The molecule has 0 saturated heterocycles. The van der Waals surface area contributed by atoms with Crippen LogP contribution in [0.25, 0.3) is 0 Å². The van der Waals surface area contributed by atoms with Crippen molar-refractivity contribution in [3.05, 3.63) is 141 Å². The van der Waals surface area contributed by atoms with Gasteiger partial charge in [-0.3, -0.25) is 4.79 Å². The monoisotopic (exact) mass is 622 g/mol. The lowest BCUT2D eigenvalue weighted by Gasteiger charge is -2.13. The molecule has 0 spiro atoms. The number of hydrogen-bond acceptors (Lipinski definition) is 7. The van der Waals surface area contributed by atoms with Crippen LogP contribution in [-0.4, -0.2) is 12.1 Å². The lowest BCUT2D eigenvalue weighted by atomic mass is 9.95. The number of benzene rings is 4. The SMILES string of the molecule is N#Cc1ccc(COc2ccc(C=Nc3sc4c(c3C(=O)Nc3ccccc3)CCCC4)c(OCc3ccc(C#N)cc3)c2)cc1. The van der Waals surface area contributed by atoms with E-state index in [0.29, 0.717) is 39.8 Å². The summed E-state index contributed by atoms with van der Waals surface area (Å²) in [6, 6.07) is 33.8. The highest BCUT2D eigenvalue weighted by Crippen LogP contribution is 2.40. The van der Waals surface area contributed by atoms with Crippen LogP contribution in [0, 0.1) is 22.7 Å². The van der Waals surface area contributed by atoms with Crippen molar-refractivity contribution in [2.45, 2.75) is 38.9 Å². The number of nitrogens with zero attached hydrogens (tertiary/aromatic N) is 3. The molecule has 5 aromatic rings. The topological polar surface area (TPSA) is 108 Å². The first kappa shape index (κ1) is 30.3. The third-order valence-corrected chi connectivity index (χ3v) is 8.88. The first-order valence-corrected chi connectivity index (χ1v) is 15.8. The number of nitrogens with one attached hydrogen (secondary N) is 1. The fourth-order valence-corrected chi connectivity index (χ4v) is 6.47. The number of aliphatic imine (C=N–C) groups is 1. The molecule has 1 heterocycles. The number of aryl methyl sites for hydroxylation is 1. The molecule has 0 bridgehead atoms. The average Bonchev–Trinajstić information content (AvgIpc) is 3.48. The molecule has 1 amide bonds. The van der Waals surface area contributed by atoms with E-state index >= 15 is 0 Å². The Labute approximate surface area is 272 Å². The Hall–Kier alpha value is -5.70. The van der Waals surface area contributed by atoms with Crippen molar-refractivity contribution in [2.75, 3.05) is 5.32 Å².